The average molecular weight is 366 g/mol. The number of hydrogen-bond donors (Lipinski definition) is 2. The molecule has 0 atom stereocenters. The third-order valence-electron chi connectivity index (χ3n) is 1.98. The molecule has 0 unspecified atom stereocenters. The maximum Gasteiger partial charge on any atom is 0.243 e. The summed E-state index contributed by atoms with van der Waals surface area (Å²) in [4.78, 5) is 10.4. The van der Waals surface area contributed by atoms with Crippen molar-refractivity contribution in [3.63, 3.8) is 0 Å². The van der Waals surface area contributed by atoms with Gasteiger partial charge in [0.2, 0.25) is 5.91 Å². The van der Waals surface area contributed by atoms with Crippen LogP contribution >= 0.6 is 31.9 Å². The molecule has 6 heteroatoms. The van der Waals surface area contributed by atoms with Crippen molar-refractivity contribution < 1.29 is 9.53 Å². The quantitative estimate of drug-likeness (QED) is 0.724. The molecular weight excluding hydrogens is 352 g/mol. The van der Waals surface area contributed by atoms with Gasteiger partial charge in [0.05, 0.1) is 6.61 Å². The van der Waals surface area contributed by atoms with Crippen LogP contribution in [0.25, 0.3) is 0 Å². The highest BCUT2D eigenvalue weighted by Crippen LogP contribution is 2.23. The van der Waals surface area contributed by atoms with Gasteiger partial charge in [0, 0.05) is 22.0 Å². The third-order valence-corrected chi connectivity index (χ3v) is 3.86. The molecule has 0 aliphatic heterocycles. The van der Waals surface area contributed by atoms with Crippen LogP contribution in [0.4, 0.5) is 0 Å². The molecule has 0 saturated carbocycles. The Morgan fingerprint density at radius 3 is 2.76 bits per heavy atom. The molecule has 0 fully saturated rings. The van der Waals surface area contributed by atoms with Crippen molar-refractivity contribution in [1.82, 2.24) is 5.32 Å². The minimum absolute atomic E-state index is 0.0223. The van der Waals surface area contributed by atoms with Gasteiger partial charge in [-0.25, -0.2) is 0 Å². The minimum atomic E-state index is -0.443. The highest BCUT2D eigenvalue weighted by molar-refractivity contribution is 9.13. The van der Waals surface area contributed by atoms with E-state index in [0.717, 1.165) is 15.5 Å². The SMILES string of the molecule is NC(=O)COCCNCc1ccc(Br)c(Br)c1. The Morgan fingerprint density at radius 2 is 2.12 bits per heavy atom. The first kappa shape index (κ1) is 14.6. The second kappa shape index (κ2) is 7.81. The van der Waals surface area contributed by atoms with Crippen molar-refractivity contribution in [2.24, 2.45) is 5.73 Å². The number of primary amides is 1. The molecule has 4 nitrogen and oxygen atoms in total. The maximum absolute atomic E-state index is 10.4. The standard InChI is InChI=1S/C11H14Br2N2O2/c12-9-2-1-8(5-10(9)13)6-15-3-4-17-7-11(14)16/h1-2,5,15H,3-4,6-7H2,(H2,14,16). The van der Waals surface area contributed by atoms with E-state index in [4.69, 9.17) is 10.5 Å². The van der Waals surface area contributed by atoms with Crippen molar-refractivity contribution in [3.05, 3.63) is 32.7 Å². The molecule has 0 heterocycles. The van der Waals surface area contributed by atoms with Gasteiger partial charge < -0.3 is 15.8 Å². The first-order valence-electron chi connectivity index (χ1n) is 5.10. The van der Waals surface area contributed by atoms with Gasteiger partial charge in [-0.05, 0) is 49.6 Å². The number of benzene rings is 1. The Labute approximate surface area is 117 Å². The van der Waals surface area contributed by atoms with Gasteiger partial charge in [-0.2, -0.15) is 0 Å². The predicted octanol–water partition coefficient (Wildman–Crippen LogP) is 1.80. The van der Waals surface area contributed by atoms with E-state index in [2.05, 4.69) is 37.2 Å². The number of halogens is 2. The van der Waals surface area contributed by atoms with Crippen molar-refractivity contribution >= 4 is 37.8 Å². The summed E-state index contributed by atoms with van der Waals surface area (Å²) in [5.41, 5.74) is 6.11. The van der Waals surface area contributed by atoms with Gasteiger partial charge >= 0.3 is 0 Å². The third kappa shape index (κ3) is 6.16. The first-order chi connectivity index (χ1) is 8.09. The van der Waals surface area contributed by atoms with E-state index in [0.29, 0.717) is 13.2 Å². The fourth-order valence-corrected chi connectivity index (χ4v) is 1.87. The number of carbonyl (C=O) groups is 1. The van der Waals surface area contributed by atoms with E-state index in [1.54, 1.807) is 0 Å². The second-order valence-electron chi connectivity index (χ2n) is 3.44. The van der Waals surface area contributed by atoms with Crippen LogP contribution in [0.15, 0.2) is 27.1 Å². The van der Waals surface area contributed by atoms with Gasteiger partial charge in [-0.3, -0.25) is 4.79 Å². The molecule has 0 radical (unpaired) electrons. The number of amides is 1. The lowest BCUT2D eigenvalue weighted by Gasteiger charge is -2.06. The fraction of sp³-hybridized carbons (Fsp3) is 0.364. The van der Waals surface area contributed by atoms with Crippen molar-refractivity contribution in [2.45, 2.75) is 6.54 Å². The van der Waals surface area contributed by atoms with Crippen molar-refractivity contribution in [3.8, 4) is 0 Å². The Bertz CT molecular complexity index is 386. The molecule has 1 aromatic carbocycles. The maximum atomic E-state index is 10.4. The zero-order chi connectivity index (χ0) is 12.7. The molecule has 0 bridgehead atoms. The zero-order valence-electron chi connectivity index (χ0n) is 9.21. The normalized spacial score (nSPS) is 10.5. The predicted molar refractivity (Wildman–Crippen MR) is 73.6 cm³/mol. The zero-order valence-corrected chi connectivity index (χ0v) is 12.4. The van der Waals surface area contributed by atoms with Gasteiger partial charge in [0.25, 0.3) is 0 Å². The molecule has 17 heavy (non-hydrogen) atoms. The summed E-state index contributed by atoms with van der Waals surface area (Å²) in [5, 5.41) is 3.21. The summed E-state index contributed by atoms with van der Waals surface area (Å²) in [7, 11) is 0. The summed E-state index contributed by atoms with van der Waals surface area (Å²) in [6.45, 7) is 1.89. The molecule has 1 amide bonds. The van der Waals surface area contributed by atoms with Gasteiger partial charge in [0.15, 0.2) is 0 Å². The smallest absolute Gasteiger partial charge is 0.243 e. The number of rotatable bonds is 7. The summed E-state index contributed by atoms with van der Waals surface area (Å²) in [5.74, 6) is -0.443. The molecule has 3 N–H and O–H groups in total. The van der Waals surface area contributed by atoms with E-state index in [1.807, 2.05) is 18.2 Å². The van der Waals surface area contributed by atoms with Crippen LogP contribution in [0.5, 0.6) is 0 Å². The molecule has 1 rings (SSSR count). The van der Waals surface area contributed by atoms with Crippen LogP contribution in [0.2, 0.25) is 0 Å². The topological polar surface area (TPSA) is 64.4 Å². The van der Waals surface area contributed by atoms with Gasteiger partial charge in [-0.1, -0.05) is 6.07 Å². The number of hydrogen-bond acceptors (Lipinski definition) is 3. The lowest BCUT2D eigenvalue weighted by atomic mass is 10.2. The molecule has 0 saturated heterocycles. The fourth-order valence-electron chi connectivity index (χ4n) is 1.20. The number of nitrogens with one attached hydrogen (secondary N) is 1. The second-order valence-corrected chi connectivity index (χ2v) is 5.15. The minimum Gasteiger partial charge on any atom is -0.370 e. The Morgan fingerprint density at radius 1 is 1.35 bits per heavy atom. The number of carbonyl (C=O) groups excluding carboxylic acids is 1. The summed E-state index contributed by atoms with van der Waals surface area (Å²) >= 11 is 6.86. The largest absolute Gasteiger partial charge is 0.370 e. The van der Waals surface area contributed by atoms with E-state index in [-0.39, 0.29) is 6.61 Å². The summed E-state index contributed by atoms with van der Waals surface area (Å²) in [6.07, 6.45) is 0. The van der Waals surface area contributed by atoms with E-state index < -0.39 is 5.91 Å². The Balaban J connectivity index is 2.18. The Hall–Kier alpha value is -0.430. The van der Waals surface area contributed by atoms with Crippen LogP contribution in [0.3, 0.4) is 0 Å². The number of ether oxygens (including phenoxy) is 1. The Kier molecular flexibility index (Phi) is 6.72. The van der Waals surface area contributed by atoms with E-state index in [1.165, 1.54) is 5.56 Å². The first-order valence-corrected chi connectivity index (χ1v) is 6.69. The molecule has 1 aromatic rings. The van der Waals surface area contributed by atoms with E-state index >= 15 is 0 Å². The van der Waals surface area contributed by atoms with Crippen LogP contribution in [-0.2, 0) is 16.1 Å². The average Bonchev–Trinajstić information content (AvgIpc) is 2.27. The van der Waals surface area contributed by atoms with E-state index in [9.17, 15) is 4.79 Å². The molecule has 0 spiro atoms. The van der Waals surface area contributed by atoms with Crippen molar-refractivity contribution in [1.29, 1.82) is 0 Å². The highest BCUT2D eigenvalue weighted by atomic mass is 79.9. The molecule has 0 aliphatic carbocycles. The molecular formula is C11H14Br2N2O2. The lowest BCUT2D eigenvalue weighted by Crippen LogP contribution is -2.23. The van der Waals surface area contributed by atoms with Crippen LogP contribution in [0.1, 0.15) is 5.56 Å². The lowest BCUT2D eigenvalue weighted by molar-refractivity contribution is -0.122. The highest BCUT2D eigenvalue weighted by Gasteiger charge is 1.98. The van der Waals surface area contributed by atoms with Crippen LogP contribution in [-0.4, -0.2) is 25.7 Å². The number of nitrogens with two attached hydrogens (primary N) is 1. The van der Waals surface area contributed by atoms with Gasteiger partial charge in [0.1, 0.15) is 6.61 Å². The summed E-state index contributed by atoms with van der Waals surface area (Å²) < 4.78 is 7.08. The molecule has 0 aliphatic rings. The van der Waals surface area contributed by atoms with Gasteiger partial charge in [-0.15, -0.1) is 0 Å². The monoisotopic (exact) mass is 364 g/mol. The molecule has 0 aromatic heterocycles. The van der Waals surface area contributed by atoms with Crippen LogP contribution < -0.4 is 11.1 Å². The van der Waals surface area contributed by atoms with Crippen molar-refractivity contribution in [2.75, 3.05) is 19.8 Å². The van der Waals surface area contributed by atoms with Crippen LogP contribution in [0, 0.1) is 0 Å². The molecule has 94 valence electrons. The summed E-state index contributed by atoms with van der Waals surface area (Å²) in [6, 6.07) is 6.07.